The van der Waals surface area contributed by atoms with Gasteiger partial charge in [-0.15, -0.1) is 0 Å². The Kier molecular flexibility index (Phi) is 50.0. The van der Waals surface area contributed by atoms with Gasteiger partial charge in [-0.05, 0) is 203 Å². The Hall–Kier alpha value is -0.320. The molecule has 0 N–H and O–H groups in total. The molecular weight excluding hydrogens is 1080 g/mol. The van der Waals surface area contributed by atoms with Crippen LogP contribution >= 0.6 is 0 Å². The smallest absolute Gasteiger partial charge is 0.0598 e. The molecule has 2 bridgehead atoms. The minimum atomic E-state index is 0.500. The van der Waals surface area contributed by atoms with Crippen LogP contribution in [0.15, 0.2) is 0 Å². The highest BCUT2D eigenvalue weighted by molar-refractivity contribution is 4.86. The Morgan fingerprint density at radius 2 is 0.667 bits per heavy atom. The number of hydrogen-bond donors (Lipinski definition) is 0. The molecule has 0 aromatic heterocycles. The first-order valence-corrected chi connectivity index (χ1v) is 37.6. The normalized spacial score (nSPS) is 27.3. The first-order chi connectivity index (χ1) is 40.8. The molecule has 9 rings (SSSR count). The summed E-state index contributed by atoms with van der Waals surface area (Å²) in [6, 6.07) is 0. The van der Waals surface area contributed by atoms with Crippen molar-refractivity contribution in [3.05, 3.63) is 0 Å². The summed E-state index contributed by atoms with van der Waals surface area (Å²) < 4.78 is 43.3. The van der Waals surface area contributed by atoms with Crippen LogP contribution in [0.5, 0.6) is 0 Å². The molecule has 0 radical (unpaired) electrons. The number of fused-ring (bicyclic) bond motifs is 2. The maximum absolute atomic E-state index is 5.78. The summed E-state index contributed by atoms with van der Waals surface area (Å²) in [6.07, 6.45) is 27.2. The van der Waals surface area contributed by atoms with Crippen LogP contribution in [-0.2, 0) is 37.9 Å². The molecule has 7 atom stereocenters. The third-order valence-electron chi connectivity index (χ3n) is 21.5. The fourth-order valence-corrected chi connectivity index (χ4v) is 11.3. The SMILES string of the molecule is CC(C)C(C)(C)C.CC(C)C(C)C.CC(C)C1(C)COC1.CC(C)C1CC2CCC(C1)O2.CC(C)C1CCCCCO1.CC(C)C1CCCCOC1.CC(C)C1CCCO1.CC(C)C1CCCOCC1.CC(C)C1CCOC1.CC(C)C1CCOCC1. The molecule has 0 spiro atoms. The van der Waals surface area contributed by atoms with E-state index in [4.69, 9.17) is 37.9 Å². The lowest BCUT2D eigenvalue weighted by atomic mass is 9.78. The molecule has 524 valence electrons. The topological polar surface area (TPSA) is 73.8 Å². The van der Waals surface area contributed by atoms with E-state index in [9.17, 15) is 0 Å². The van der Waals surface area contributed by atoms with Gasteiger partial charge in [-0.3, -0.25) is 0 Å². The van der Waals surface area contributed by atoms with Crippen molar-refractivity contribution in [3.63, 3.8) is 0 Å². The van der Waals surface area contributed by atoms with Crippen LogP contribution in [0.4, 0.5) is 0 Å². The average Bonchev–Trinajstić information content (AvgIpc) is 4.30. The van der Waals surface area contributed by atoms with E-state index >= 15 is 0 Å². The van der Waals surface area contributed by atoms with Crippen molar-refractivity contribution < 1.29 is 37.9 Å². The Morgan fingerprint density at radius 3 is 1.01 bits per heavy atom. The highest BCUT2D eigenvalue weighted by Gasteiger charge is 2.37. The molecule has 0 aromatic carbocycles. The van der Waals surface area contributed by atoms with Gasteiger partial charge in [-0.25, -0.2) is 0 Å². The molecule has 8 heteroatoms. The molecule has 0 amide bonds. The van der Waals surface area contributed by atoms with Gasteiger partial charge in [-0.2, -0.15) is 0 Å². The fraction of sp³-hybridized carbons (Fsp3) is 1.00. The first-order valence-electron chi connectivity index (χ1n) is 37.6. The van der Waals surface area contributed by atoms with E-state index in [0.717, 1.165) is 168 Å². The third-order valence-corrected chi connectivity index (χ3v) is 21.5. The van der Waals surface area contributed by atoms with E-state index < -0.39 is 0 Å². The Labute approximate surface area is 546 Å². The Balaban J connectivity index is 0.000000949. The summed E-state index contributed by atoms with van der Waals surface area (Å²) in [6.45, 7) is 70.8. The van der Waals surface area contributed by atoms with E-state index in [-0.39, 0.29) is 0 Å². The average molecular weight is 1240 g/mol. The maximum atomic E-state index is 5.78. The molecule has 8 nitrogen and oxygen atoms in total. The summed E-state index contributed by atoms with van der Waals surface area (Å²) in [7, 11) is 0. The zero-order chi connectivity index (χ0) is 66.1. The lowest BCUT2D eigenvalue weighted by molar-refractivity contribution is -0.126. The van der Waals surface area contributed by atoms with Crippen molar-refractivity contribution in [1.29, 1.82) is 0 Å². The number of hydrogen-bond acceptors (Lipinski definition) is 8. The maximum Gasteiger partial charge on any atom is 0.0598 e. The van der Waals surface area contributed by atoms with Crippen molar-refractivity contribution in [2.24, 2.45) is 106 Å². The second-order valence-electron chi connectivity index (χ2n) is 33.2. The van der Waals surface area contributed by atoms with Gasteiger partial charge in [0.25, 0.3) is 0 Å². The molecule has 0 saturated carbocycles. The second-order valence-corrected chi connectivity index (χ2v) is 33.2. The number of ether oxygens (including phenoxy) is 8. The van der Waals surface area contributed by atoms with E-state index in [2.05, 4.69) is 180 Å². The van der Waals surface area contributed by atoms with E-state index in [1.54, 1.807) is 0 Å². The molecule has 9 saturated heterocycles. The zero-order valence-corrected chi connectivity index (χ0v) is 63.7. The van der Waals surface area contributed by atoms with Crippen LogP contribution in [0.25, 0.3) is 0 Å². The lowest BCUT2D eigenvalue weighted by Crippen LogP contribution is -2.43. The Bertz CT molecular complexity index is 1370. The van der Waals surface area contributed by atoms with Gasteiger partial charge in [0.1, 0.15) is 0 Å². The highest BCUT2D eigenvalue weighted by atomic mass is 16.5. The highest BCUT2D eigenvalue weighted by Crippen LogP contribution is 2.39. The van der Waals surface area contributed by atoms with Crippen LogP contribution in [-0.4, -0.2) is 104 Å². The van der Waals surface area contributed by atoms with Gasteiger partial charge in [0.2, 0.25) is 0 Å². The minimum absolute atomic E-state index is 0.500. The molecule has 9 heterocycles. The largest absolute Gasteiger partial charge is 0.381 e. The van der Waals surface area contributed by atoms with E-state index in [1.165, 1.54) is 122 Å². The van der Waals surface area contributed by atoms with Crippen LogP contribution < -0.4 is 0 Å². The first kappa shape index (κ1) is 86.7. The summed E-state index contributed by atoms with van der Waals surface area (Å²) >= 11 is 0. The molecule has 9 aliphatic rings. The van der Waals surface area contributed by atoms with Crippen molar-refractivity contribution in [3.8, 4) is 0 Å². The van der Waals surface area contributed by atoms with E-state index in [1.807, 2.05) is 0 Å². The molecule has 0 aromatic rings. The number of rotatable bonds is 9. The van der Waals surface area contributed by atoms with Crippen molar-refractivity contribution in [2.75, 3.05) is 79.3 Å². The van der Waals surface area contributed by atoms with Crippen LogP contribution in [0.1, 0.15) is 302 Å². The van der Waals surface area contributed by atoms with Gasteiger partial charge in [0, 0.05) is 71.5 Å². The van der Waals surface area contributed by atoms with Gasteiger partial charge in [-0.1, -0.05) is 199 Å². The van der Waals surface area contributed by atoms with Crippen molar-refractivity contribution >= 4 is 0 Å². The molecule has 87 heavy (non-hydrogen) atoms. The fourth-order valence-electron chi connectivity index (χ4n) is 11.3. The quantitative estimate of drug-likeness (QED) is 0.226. The monoisotopic (exact) mass is 1240 g/mol. The van der Waals surface area contributed by atoms with Gasteiger partial charge >= 0.3 is 0 Å². The second kappa shape index (κ2) is 50.2. The molecule has 0 aliphatic carbocycles. The summed E-state index contributed by atoms with van der Waals surface area (Å²) in [5.41, 5.74) is 1.00. The molecule has 9 aliphatic heterocycles. The summed E-state index contributed by atoms with van der Waals surface area (Å²) in [4.78, 5) is 0. The minimum Gasteiger partial charge on any atom is -0.381 e. The molecule has 9 fully saturated rings. The van der Waals surface area contributed by atoms with E-state index in [0.29, 0.717) is 41.2 Å². The van der Waals surface area contributed by atoms with Crippen LogP contribution in [0, 0.1) is 106 Å². The van der Waals surface area contributed by atoms with Crippen LogP contribution in [0.3, 0.4) is 0 Å². The summed E-state index contributed by atoms with van der Waals surface area (Å²) in [5, 5.41) is 0. The molecule has 7 unspecified atom stereocenters. The third kappa shape index (κ3) is 43.3. The van der Waals surface area contributed by atoms with Crippen molar-refractivity contribution in [2.45, 2.75) is 326 Å². The Morgan fingerprint density at radius 1 is 0.322 bits per heavy atom. The zero-order valence-electron chi connectivity index (χ0n) is 63.7. The van der Waals surface area contributed by atoms with Gasteiger partial charge in [0.05, 0.1) is 37.6 Å². The predicted octanol–water partition coefficient (Wildman–Crippen LogP) is 22.4. The van der Waals surface area contributed by atoms with Gasteiger partial charge in [0.15, 0.2) is 0 Å². The molecular formula is C79H160O8. The lowest BCUT2D eigenvalue weighted by Gasteiger charge is -2.41. The summed E-state index contributed by atoms with van der Waals surface area (Å²) in [5.74, 6) is 13.3. The van der Waals surface area contributed by atoms with Gasteiger partial charge < -0.3 is 37.9 Å². The van der Waals surface area contributed by atoms with Crippen molar-refractivity contribution in [1.82, 2.24) is 0 Å². The predicted molar refractivity (Wildman–Crippen MR) is 378 cm³/mol. The standard InChI is InChI=1S/C10H18O.3C9H18O.C8H16O.3C7H14O.C7H16.C6H14/c1-7(2)8-5-9-3-4-10(6-8)11-9;1-8(2)9-4-3-6-10-7-5-9;1-8(2)9-5-3-4-6-10-7-9;1-8(2)9-6-4-3-5-7-10-9;1-7(2)8-3-5-9-6-4-8;1-6(2)7(3)4-8-5-7;1-6(2)7-3-4-8-5-7;1-6(2)7-4-3-5-8-7;1-6(2)7(3,4)5;1-5(2)6(3)4/h7-10H,3-6H2,1-2H3;3*8-9H,3-7H2,1-2H3;7-8H,3-6H2,1-2H3;6H,4-5H2,1-3H3;2*6-7H,3-5H2,1-2H3;6H,1-5H3;5-6H,1-4H3. The van der Waals surface area contributed by atoms with Crippen LogP contribution in [0.2, 0.25) is 0 Å².